The minimum absolute atomic E-state index is 0.747. The lowest BCUT2D eigenvalue weighted by Gasteiger charge is -2.02. The average molecular weight is 364 g/mol. The molecule has 24 heavy (non-hydrogen) atoms. The molecule has 0 saturated heterocycles. The van der Waals surface area contributed by atoms with Crippen molar-refractivity contribution in [3.8, 4) is 5.75 Å². The van der Waals surface area contributed by atoms with Crippen LogP contribution in [0, 0.1) is 0 Å². The Morgan fingerprint density at radius 3 is 3.00 bits per heavy atom. The predicted molar refractivity (Wildman–Crippen MR) is 97.8 cm³/mol. The van der Waals surface area contributed by atoms with Crippen molar-refractivity contribution in [3.63, 3.8) is 0 Å². The third-order valence-electron chi connectivity index (χ3n) is 3.64. The van der Waals surface area contributed by atoms with E-state index in [9.17, 15) is 0 Å². The second-order valence-corrected chi connectivity index (χ2v) is 7.60. The Bertz CT molecular complexity index is 786. The summed E-state index contributed by atoms with van der Waals surface area (Å²) in [6.45, 7) is 0.747. The molecule has 128 valence electrons. The number of nitrogens with two attached hydrogens (primary N) is 1. The molecule has 2 aromatic heterocycles. The molecule has 3 aromatic rings. The molecule has 6 nitrogen and oxygen atoms in total. The first-order chi connectivity index (χ1) is 11.8. The topological polar surface area (TPSA) is 78.3 Å². The van der Waals surface area contributed by atoms with Crippen molar-refractivity contribution in [2.75, 3.05) is 13.7 Å². The Labute approximate surface area is 149 Å². The third-order valence-corrected chi connectivity index (χ3v) is 5.74. The minimum Gasteiger partial charge on any atom is -0.497 e. The number of rotatable bonds is 9. The van der Waals surface area contributed by atoms with E-state index in [1.807, 2.05) is 16.6 Å². The summed E-state index contributed by atoms with van der Waals surface area (Å²) < 4.78 is 8.14. The van der Waals surface area contributed by atoms with Gasteiger partial charge in [0.05, 0.1) is 7.11 Å². The van der Waals surface area contributed by atoms with E-state index in [4.69, 9.17) is 10.5 Å². The molecular weight excluding hydrogens is 342 g/mol. The first kappa shape index (κ1) is 17.2. The van der Waals surface area contributed by atoms with Gasteiger partial charge in [-0.15, -0.1) is 15.3 Å². The minimum atomic E-state index is 0.747. The maximum Gasteiger partial charge on any atom is 0.235 e. The monoisotopic (exact) mass is 363 g/mol. The number of aromatic nitrogens is 4. The van der Waals surface area contributed by atoms with Crippen molar-refractivity contribution in [3.05, 3.63) is 35.7 Å². The SMILES string of the molecule is COc1cccc(CSc2nn3c(CCCCCN)nnc3s2)c1. The van der Waals surface area contributed by atoms with Gasteiger partial charge in [-0.1, -0.05) is 41.7 Å². The van der Waals surface area contributed by atoms with E-state index in [-0.39, 0.29) is 0 Å². The maximum atomic E-state index is 5.53. The van der Waals surface area contributed by atoms with Gasteiger partial charge >= 0.3 is 0 Å². The highest BCUT2D eigenvalue weighted by atomic mass is 32.2. The molecular formula is C16H21N5OS2. The number of nitrogens with zero attached hydrogens (tertiary/aromatic N) is 4. The van der Waals surface area contributed by atoms with Crippen molar-refractivity contribution >= 4 is 28.1 Å². The van der Waals surface area contributed by atoms with Gasteiger partial charge in [0.15, 0.2) is 10.2 Å². The number of benzene rings is 1. The maximum absolute atomic E-state index is 5.53. The Hall–Kier alpha value is -1.64. The fourth-order valence-electron chi connectivity index (χ4n) is 2.37. The number of hydrogen-bond donors (Lipinski definition) is 1. The fraction of sp³-hybridized carbons (Fsp3) is 0.438. The van der Waals surface area contributed by atoms with E-state index in [0.29, 0.717) is 0 Å². The van der Waals surface area contributed by atoms with Crippen molar-refractivity contribution in [1.82, 2.24) is 19.8 Å². The van der Waals surface area contributed by atoms with Gasteiger partial charge in [-0.25, -0.2) is 0 Å². The lowest BCUT2D eigenvalue weighted by Crippen LogP contribution is -2.00. The van der Waals surface area contributed by atoms with Crippen molar-refractivity contribution in [2.45, 2.75) is 35.8 Å². The Kier molecular flexibility index (Phi) is 6.06. The van der Waals surface area contributed by atoms with Crippen molar-refractivity contribution in [1.29, 1.82) is 0 Å². The van der Waals surface area contributed by atoms with Gasteiger partial charge in [0, 0.05) is 12.2 Å². The first-order valence-electron chi connectivity index (χ1n) is 7.97. The van der Waals surface area contributed by atoms with E-state index >= 15 is 0 Å². The molecule has 0 spiro atoms. The lowest BCUT2D eigenvalue weighted by molar-refractivity contribution is 0.414. The van der Waals surface area contributed by atoms with Gasteiger partial charge in [0.25, 0.3) is 0 Å². The van der Waals surface area contributed by atoms with Gasteiger partial charge < -0.3 is 10.5 Å². The summed E-state index contributed by atoms with van der Waals surface area (Å²) in [6.07, 6.45) is 4.14. The number of aryl methyl sites for hydroxylation is 1. The number of hydrogen-bond acceptors (Lipinski definition) is 7. The van der Waals surface area contributed by atoms with Gasteiger partial charge in [-0.05, 0) is 37.1 Å². The second kappa shape index (κ2) is 8.46. The van der Waals surface area contributed by atoms with Crippen LogP contribution in [-0.4, -0.2) is 33.5 Å². The average Bonchev–Trinajstić information content (AvgIpc) is 3.18. The molecule has 0 amide bonds. The summed E-state index contributed by atoms with van der Waals surface area (Å²) in [4.78, 5) is 0.858. The zero-order chi connectivity index (χ0) is 16.8. The lowest BCUT2D eigenvalue weighted by atomic mass is 10.2. The van der Waals surface area contributed by atoms with Gasteiger partial charge in [-0.3, -0.25) is 0 Å². The molecule has 2 N–H and O–H groups in total. The molecule has 3 rings (SSSR count). The molecule has 0 aliphatic heterocycles. The third kappa shape index (κ3) is 4.25. The van der Waals surface area contributed by atoms with Crippen LogP contribution >= 0.6 is 23.1 Å². The van der Waals surface area contributed by atoms with Gasteiger partial charge in [0.1, 0.15) is 5.75 Å². The largest absolute Gasteiger partial charge is 0.497 e. The highest BCUT2D eigenvalue weighted by Gasteiger charge is 2.12. The number of methoxy groups -OCH3 is 1. The Morgan fingerprint density at radius 1 is 1.25 bits per heavy atom. The van der Waals surface area contributed by atoms with Crippen LogP contribution in [0.2, 0.25) is 0 Å². The van der Waals surface area contributed by atoms with E-state index in [1.165, 1.54) is 5.56 Å². The summed E-state index contributed by atoms with van der Waals surface area (Å²) in [5.41, 5.74) is 6.74. The normalized spacial score (nSPS) is 11.2. The van der Waals surface area contributed by atoms with E-state index in [2.05, 4.69) is 27.4 Å². The van der Waals surface area contributed by atoms with Crippen molar-refractivity contribution in [2.24, 2.45) is 5.73 Å². The van der Waals surface area contributed by atoms with Crippen LogP contribution in [0.4, 0.5) is 0 Å². The quantitative estimate of drug-likeness (QED) is 0.465. The second-order valence-electron chi connectivity index (χ2n) is 5.42. The van der Waals surface area contributed by atoms with E-state index in [1.54, 1.807) is 30.2 Å². The molecule has 1 aromatic carbocycles. The standard InChI is InChI=1S/C16H21N5OS2/c1-22-13-7-5-6-12(10-13)11-23-16-20-21-14(8-3-2-4-9-17)18-19-15(21)24-16/h5-7,10H,2-4,8-9,11,17H2,1H3. The molecule has 0 atom stereocenters. The van der Waals surface area contributed by atoms with Crippen LogP contribution in [0.1, 0.15) is 30.7 Å². The Morgan fingerprint density at radius 2 is 2.17 bits per heavy atom. The smallest absolute Gasteiger partial charge is 0.235 e. The highest BCUT2D eigenvalue weighted by molar-refractivity contribution is 8.00. The van der Waals surface area contributed by atoms with Crippen LogP contribution < -0.4 is 10.5 Å². The molecule has 0 aliphatic carbocycles. The summed E-state index contributed by atoms with van der Waals surface area (Å²) >= 11 is 3.29. The molecule has 0 bridgehead atoms. The molecule has 0 unspecified atom stereocenters. The summed E-state index contributed by atoms with van der Waals surface area (Å²) in [6, 6.07) is 8.11. The van der Waals surface area contributed by atoms with Crippen LogP contribution in [0.15, 0.2) is 28.6 Å². The Balaban J connectivity index is 1.62. The highest BCUT2D eigenvalue weighted by Crippen LogP contribution is 2.28. The predicted octanol–water partition coefficient (Wildman–Crippen LogP) is 3.16. The number of ether oxygens (including phenoxy) is 1. The molecule has 0 fully saturated rings. The van der Waals surface area contributed by atoms with Crippen LogP contribution in [0.3, 0.4) is 0 Å². The molecule has 0 aliphatic rings. The van der Waals surface area contributed by atoms with Crippen molar-refractivity contribution < 1.29 is 4.74 Å². The van der Waals surface area contributed by atoms with Crippen LogP contribution in [-0.2, 0) is 12.2 Å². The number of unbranched alkanes of at least 4 members (excludes halogenated alkanes) is 2. The zero-order valence-corrected chi connectivity index (χ0v) is 15.3. The zero-order valence-electron chi connectivity index (χ0n) is 13.6. The van der Waals surface area contributed by atoms with Gasteiger partial charge in [-0.2, -0.15) is 4.52 Å². The molecule has 0 saturated carbocycles. The summed E-state index contributed by atoms with van der Waals surface area (Å²) in [7, 11) is 1.68. The molecule has 2 heterocycles. The van der Waals surface area contributed by atoms with Crippen LogP contribution in [0.25, 0.3) is 4.96 Å². The first-order valence-corrected chi connectivity index (χ1v) is 9.77. The summed E-state index contributed by atoms with van der Waals surface area (Å²) in [5.74, 6) is 2.67. The van der Waals surface area contributed by atoms with E-state index in [0.717, 1.165) is 58.9 Å². The number of fused-ring (bicyclic) bond motifs is 1. The molecule has 0 radical (unpaired) electrons. The van der Waals surface area contributed by atoms with Crippen LogP contribution in [0.5, 0.6) is 5.75 Å². The summed E-state index contributed by atoms with van der Waals surface area (Å²) in [5, 5.41) is 13.1. The molecule has 8 heteroatoms. The number of thioether (sulfide) groups is 1. The van der Waals surface area contributed by atoms with E-state index < -0.39 is 0 Å². The van der Waals surface area contributed by atoms with Gasteiger partial charge in [0.2, 0.25) is 4.96 Å². The fourth-order valence-corrected chi connectivity index (χ4v) is 4.20.